The number of hydrogen-bond donors (Lipinski definition) is 3. The summed E-state index contributed by atoms with van der Waals surface area (Å²) in [5.74, 6) is 0.241. The van der Waals surface area contributed by atoms with Gasteiger partial charge in [0, 0.05) is 31.6 Å². The van der Waals surface area contributed by atoms with Gasteiger partial charge < -0.3 is 20.9 Å². The third-order valence-electron chi connectivity index (χ3n) is 4.94. The molecule has 0 spiro atoms. The number of likely N-dealkylation sites (tertiary alicyclic amines) is 1. The van der Waals surface area contributed by atoms with Crippen LogP contribution in [0.2, 0.25) is 0 Å². The third kappa shape index (κ3) is 7.26. The average molecular weight is 361 g/mol. The second kappa shape index (κ2) is 11.5. The Bertz CT molecular complexity index is 381. The number of carbonyl (C=O) groups is 2. The van der Waals surface area contributed by atoms with Crippen LogP contribution in [0, 0.1) is 0 Å². The quantitative estimate of drug-likeness (QED) is 0.634. The van der Waals surface area contributed by atoms with Gasteiger partial charge in [-0.15, -0.1) is 12.4 Å². The monoisotopic (exact) mass is 360 g/mol. The van der Waals surface area contributed by atoms with E-state index < -0.39 is 0 Å². The number of hydrogen-bond acceptors (Lipinski definition) is 3. The molecule has 1 heterocycles. The van der Waals surface area contributed by atoms with Crippen LogP contribution in [0.5, 0.6) is 0 Å². The highest BCUT2D eigenvalue weighted by Crippen LogP contribution is 2.17. The summed E-state index contributed by atoms with van der Waals surface area (Å²) in [7, 11) is 1.90. The van der Waals surface area contributed by atoms with Crippen molar-refractivity contribution in [3.63, 3.8) is 0 Å². The zero-order chi connectivity index (χ0) is 16.5. The van der Waals surface area contributed by atoms with Gasteiger partial charge in [0.2, 0.25) is 5.91 Å². The van der Waals surface area contributed by atoms with Gasteiger partial charge >= 0.3 is 6.03 Å². The van der Waals surface area contributed by atoms with E-state index in [0.29, 0.717) is 12.5 Å². The van der Waals surface area contributed by atoms with Gasteiger partial charge in [0.1, 0.15) is 0 Å². The second-order valence-corrected chi connectivity index (χ2v) is 6.81. The zero-order valence-electron chi connectivity index (χ0n) is 14.8. The van der Waals surface area contributed by atoms with E-state index in [2.05, 4.69) is 16.0 Å². The topological polar surface area (TPSA) is 73.5 Å². The van der Waals surface area contributed by atoms with E-state index in [9.17, 15) is 9.59 Å². The first kappa shape index (κ1) is 21.0. The predicted octanol–water partition coefficient (Wildman–Crippen LogP) is 2.03. The van der Waals surface area contributed by atoms with Crippen molar-refractivity contribution in [1.29, 1.82) is 0 Å². The minimum atomic E-state index is -0.0318. The van der Waals surface area contributed by atoms with Crippen LogP contribution in [-0.2, 0) is 4.79 Å². The van der Waals surface area contributed by atoms with E-state index in [1.807, 2.05) is 11.9 Å². The second-order valence-electron chi connectivity index (χ2n) is 6.81. The van der Waals surface area contributed by atoms with Gasteiger partial charge in [-0.25, -0.2) is 4.79 Å². The number of piperidine rings is 1. The lowest BCUT2D eigenvalue weighted by atomic mass is 9.96. The summed E-state index contributed by atoms with van der Waals surface area (Å²) in [5.41, 5.74) is 0. The first-order valence-electron chi connectivity index (χ1n) is 9.18. The predicted molar refractivity (Wildman–Crippen MR) is 98.6 cm³/mol. The maximum Gasteiger partial charge on any atom is 0.315 e. The van der Waals surface area contributed by atoms with Gasteiger partial charge in [0.25, 0.3) is 0 Å². The number of amides is 3. The zero-order valence-corrected chi connectivity index (χ0v) is 15.6. The molecule has 140 valence electrons. The molecule has 2 rings (SSSR count). The smallest absolute Gasteiger partial charge is 0.315 e. The molecule has 0 atom stereocenters. The first-order chi connectivity index (χ1) is 11.2. The summed E-state index contributed by atoms with van der Waals surface area (Å²) in [4.78, 5) is 26.1. The Balaban J connectivity index is 0.00000288. The van der Waals surface area contributed by atoms with Crippen molar-refractivity contribution in [3.05, 3.63) is 0 Å². The average Bonchev–Trinajstić information content (AvgIpc) is 2.56. The molecule has 6 nitrogen and oxygen atoms in total. The molecular formula is C17H33ClN4O2. The van der Waals surface area contributed by atoms with Crippen molar-refractivity contribution >= 4 is 24.3 Å². The molecule has 0 aromatic heterocycles. The Morgan fingerprint density at radius 1 is 0.958 bits per heavy atom. The largest absolute Gasteiger partial charge is 0.343 e. The number of nitrogens with zero attached hydrogens (tertiary/aromatic N) is 1. The Labute approximate surface area is 151 Å². The molecule has 0 aromatic rings. The Morgan fingerprint density at radius 3 is 2.12 bits per heavy atom. The molecule has 0 bridgehead atoms. The maximum atomic E-state index is 12.1. The molecule has 1 saturated heterocycles. The molecule has 0 aromatic carbocycles. The van der Waals surface area contributed by atoms with Gasteiger partial charge in [-0.05, 0) is 45.7 Å². The van der Waals surface area contributed by atoms with Crippen molar-refractivity contribution in [3.8, 4) is 0 Å². The highest BCUT2D eigenvalue weighted by atomic mass is 35.5. The lowest BCUT2D eigenvalue weighted by Gasteiger charge is -2.33. The van der Waals surface area contributed by atoms with Gasteiger partial charge in [-0.1, -0.05) is 19.3 Å². The fourth-order valence-electron chi connectivity index (χ4n) is 3.51. The minimum absolute atomic E-state index is 0. The van der Waals surface area contributed by atoms with E-state index in [0.717, 1.165) is 51.7 Å². The SMILES string of the molecule is CNCCCC(=O)N1CCC(NC(=O)NC2CCCCC2)CC1.Cl. The molecule has 7 heteroatoms. The molecular weight excluding hydrogens is 328 g/mol. The van der Waals surface area contributed by atoms with Crippen LogP contribution in [0.1, 0.15) is 57.8 Å². The van der Waals surface area contributed by atoms with Crippen LogP contribution in [0.4, 0.5) is 4.79 Å². The lowest BCUT2D eigenvalue weighted by molar-refractivity contribution is -0.132. The summed E-state index contributed by atoms with van der Waals surface area (Å²) < 4.78 is 0. The third-order valence-corrected chi connectivity index (χ3v) is 4.94. The summed E-state index contributed by atoms with van der Waals surface area (Å²) in [5, 5.41) is 9.24. The summed E-state index contributed by atoms with van der Waals surface area (Å²) in [6.45, 7) is 2.39. The number of halogens is 1. The fourth-order valence-corrected chi connectivity index (χ4v) is 3.51. The van der Waals surface area contributed by atoms with Crippen LogP contribution in [0.3, 0.4) is 0 Å². The van der Waals surface area contributed by atoms with Crippen molar-refractivity contribution in [2.24, 2.45) is 0 Å². The number of nitrogens with one attached hydrogen (secondary N) is 3. The van der Waals surface area contributed by atoms with Crippen molar-refractivity contribution < 1.29 is 9.59 Å². The van der Waals surface area contributed by atoms with Crippen LogP contribution in [0.15, 0.2) is 0 Å². The molecule has 0 unspecified atom stereocenters. The molecule has 0 radical (unpaired) electrons. The van der Waals surface area contributed by atoms with Gasteiger partial charge in [0.05, 0.1) is 0 Å². The Morgan fingerprint density at radius 2 is 1.54 bits per heavy atom. The lowest BCUT2D eigenvalue weighted by Crippen LogP contribution is -2.51. The number of urea groups is 1. The summed E-state index contributed by atoms with van der Waals surface area (Å²) >= 11 is 0. The van der Waals surface area contributed by atoms with E-state index >= 15 is 0 Å². The van der Waals surface area contributed by atoms with Crippen molar-refractivity contribution in [1.82, 2.24) is 20.9 Å². The maximum absolute atomic E-state index is 12.1. The molecule has 2 fully saturated rings. The highest BCUT2D eigenvalue weighted by molar-refractivity contribution is 5.85. The molecule has 3 N–H and O–H groups in total. The van der Waals surface area contributed by atoms with E-state index in [1.54, 1.807) is 0 Å². The molecule has 1 saturated carbocycles. The van der Waals surface area contributed by atoms with Crippen LogP contribution >= 0.6 is 12.4 Å². The van der Waals surface area contributed by atoms with Crippen molar-refractivity contribution in [2.75, 3.05) is 26.7 Å². The van der Waals surface area contributed by atoms with E-state index in [4.69, 9.17) is 0 Å². The molecule has 1 aliphatic carbocycles. The first-order valence-corrected chi connectivity index (χ1v) is 9.18. The van der Waals surface area contributed by atoms with Crippen LogP contribution in [-0.4, -0.2) is 55.6 Å². The Kier molecular flexibility index (Phi) is 10.1. The van der Waals surface area contributed by atoms with Crippen LogP contribution < -0.4 is 16.0 Å². The fraction of sp³-hybridized carbons (Fsp3) is 0.882. The standard InChI is InChI=1S/C17H32N4O2.ClH/c1-18-11-5-8-16(22)21-12-9-15(10-13-21)20-17(23)19-14-6-3-2-4-7-14;/h14-15,18H,2-13H2,1H3,(H2,19,20,23);1H. The molecule has 2 aliphatic rings. The molecule has 3 amide bonds. The Hall–Kier alpha value is -1.01. The normalized spacial score (nSPS) is 19.5. The van der Waals surface area contributed by atoms with Gasteiger partial charge in [-0.2, -0.15) is 0 Å². The van der Waals surface area contributed by atoms with Gasteiger partial charge in [0.15, 0.2) is 0 Å². The van der Waals surface area contributed by atoms with Crippen molar-refractivity contribution in [2.45, 2.75) is 69.9 Å². The van der Waals surface area contributed by atoms with Crippen LogP contribution in [0.25, 0.3) is 0 Å². The summed E-state index contributed by atoms with van der Waals surface area (Å²) in [6, 6.07) is 0.508. The minimum Gasteiger partial charge on any atom is -0.343 e. The highest BCUT2D eigenvalue weighted by Gasteiger charge is 2.24. The van der Waals surface area contributed by atoms with E-state index in [-0.39, 0.29) is 30.4 Å². The number of rotatable bonds is 6. The summed E-state index contributed by atoms with van der Waals surface area (Å²) in [6.07, 6.45) is 9.16. The molecule has 24 heavy (non-hydrogen) atoms. The van der Waals surface area contributed by atoms with Gasteiger partial charge in [-0.3, -0.25) is 4.79 Å². The molecule has 1 aliphatic heterocycles. The van der Waals surface area contributed by atoms with E-state index in [1.165, 1.54) is 19.3 Å². The number of carbonyl (C=O) groups excluding carboxylic acids is 2.